The second-order valence-corrected chi connectivity index (χ2v) is 7.84. The van der Waals surface area contributed by atoms with Gasteiger partial charge in [-0.15, -0.1) is 0 Å². The smallest absolute Gasteiger partial charge is 0.178 e. The van der Waals surface area contributed by atoms with E-state index >= 15 is 0 Å². The lowest BCUT2D eigenvalue weighted by Gasteiger charge is -2.22. The first-order valence-corrected chi connectivity index (χ1v) is 7.86. The first-order chi connectivity index (χ1) is 8.18. The van der Waals surface area contributed by atoms with Crippen LogP contribution in [0.4, 0.5) is 0 Å². The minimum absolute atomic E-state index is 0.0809. The van der Waals surface area contributed by atoms with Gasteiger partial charge in [0.25, 0.3) is 0 Å². The van der Waals surface area contributed by atoms with Crippen LogP contribution >= 0.6 is 0 Å². The molecule has 0 fully saturated rings. The van der Waals surface area contributed by atoms with E-state index < -0.39 is 15.3 Å². The lowest BCUT2D eigenvalue weighted by molar-refractivity contribution is 0.425. The standard InChI is InChI=1S/C14H23NO2S/c1-11(2)12-5-7-13(8-6-12)18(16,17)10-14(3,4)9-15/h5-8,11H,9-10,15H2,1-4H3. The van der Waals surface area contributed by atoms with E-state index in [1.54, 1.807) is 12.1 Å². The highest BCUT2D eigenvalue weighted by molar-refractivity contribution is 7.91. The summed E-state index contributed by atoms with van der Waals surface area (Å²) in [6.07, 6.45) is 0. The van der Waals surface area contributed by atoms with Crippen LogP contribution in [0.25, 0.3) is 0 Å². The van der Waals surface area contributed by atoms with Crippen molar-refractivity contribution < 1.29 is 8.42 Å². The average Bonchev–Trinajstić information content (AvgIpc) is 2.28. The Labute approximate surface area is 110 Å². The van der Waals surface area contributed by atoms with Gasteiger partial charge in [0.15, 0.2) is 9.84 Å². The van der Waals surface area contributed by atoms with Gasteiger partial charge in [0, 0.05) is 0 Å². The summed E-state index contributed by atoms with van der Waals surface area (Å²) in [4.78, 5) is 0.383. The van der Waals surface area contributed by atoms with Crippen molar-refractivity contribution in [1.82, 2.24) is 0 Å². The van der Waals surface area contributed by atoms with Crippen molar-refractivity contribution >= 4 is 9.84 Å². The lowest BCUT2D eigenvalue weighted by Crippen LogP contribution is -2.31. The highest BCUT2D eigenvalue weighted by Crippen LogP contribution is 2.23. The molecule has 0 atom stereocenters. The molecule has 1 aromatic rings. The minimum atomic E-state index is -3.25. The van der Waals surface area contributed by atoms with Crippen LogP contribution in [0.5, 0.6) is 0 Å². The van der Waals surface area contributed by atoms with Crippen molar-refractivity contribution in [2.24, 2.45) is 11.1 Å². The third-order valence-electron chi connectivity index (χ3n) is 3.04. The third-order valence-corrected chi connectivity index (χ3v) is 5.19. The van der Waals surface area contributed by atoms with Crippen LogP contribution in [0.3, 0.4) is 0 Å². The van der Waals surface area contributed by atoms with E-state index in [0.717, 1.165) is 5.56 Å². The Bertz CT molecular complexity index is 487. The fourth-order valence-corrected chi connectivity index (χ4v) is 3.58. The highest BCUT2D eigenvalue weighted by Gasteiger charge is 2.26. The second kappa shape index (κ2) is 5.41. The number of sulfone groups is 1. The quantitative estimate of drug-likeness (QED) is 0.893. The number of benzene rings is 1. The van der Waals surface area contributed by atoms with Gasteiger partial charge in [-0.25, -0.2) is 8.42 Å². The van der Waals surface area contributed by atoms with Crippen LogP contribution in [-0.4, -0.2) is 20.7 Å². The zero-order valence-corrected chi connectivity index (χ0v) is 12.4. The summed E-state index contributed by atoms with van der Waals surface area (Å²) in [5.74, 6) is 0.486. The Morgan fingerprint density at radius 2 is 1.67 bits per heavy atom. The van der Waals surface area contributed by atoms with E-state index in [4.69, 9.17) is 5.73 Å². The van der Waals surface area contributed by atoms with Crippen molar-refractivity contribution in [3.8, 4) is 0 Å². The Morgan fingerprint density at radius 1 is 1.17 bits per heavy atom. The Kier molecular flexibility index (Phi) is 4.56. The summed E-state index contributed by atoms with van der Waals surface area (Å²) in [7, 11) is -3.25. The number of nitrogens with two attached hydrogens (primary N) is 1. The third kappa shape index (κ3) is 3.82. The van der Waals surface area contributed by atoms with Crippen LogP contribution in [0, 0.1) is 5.41 Å². The van der Waals surface area contributed by atoms with Gasteiger partial charge >= 0.3 is 0 Å². The summed E-state index contributed by atoms with van der Waals surface area (Å²) >= 11 is 0. The molecule has 0 amide bonds. The first kappa shape index (κ1) is 15.2. The molecule has 18 heavy (non-hydrogen) atoms. The van der Waals surface area contributed by atoms with Crippen LogP contribution < -0.4 is 5.73 Å². The summed E-state index contributed by atoms with van der Waals surface area (Å²) in [6, 6.07) is 7.15. The van der Waals surface area contributed by atoms with Crippen molar-refractivity contribution in [2.45, 2.75) is 38.5 Å². The molecule has 0 aliphatic heterocycles. The van der Waals surface area contributed by atoms with E-state index in [1.807, 2.05) is 26.0 Å². The summed E-state index contributed by atoms with van der Waals surface area (Å²) in [5.41, 5.74) is 6.34. The van der Waals surface area contributed by atoms with Gasteiger partial charge in [0.05, 0.1) is 10.6 Å². The zero-order chi connectivity index (χ0) is 14.0. The molecule has 102 valence electrons. The molecule has 0 aromatic heterocycles. The molecule has 2 N–H and O–H groups in total. The predicted octanol–water partition coefficient (Wildman–Crippen LogP) is 2.57. The molecule has 0 aliphatic rings. The van der Waals surface area contributed by atoms with E-state index in [0.29, 0.717) is 17.4 Å². The van der Waals surface area contributed by atoms with Crippen molar-refractivity contribution in [1.29, 1.82) is 0 Å². The minimum Gasteiger partial charge on any atom is -0.330 e. The molecule has 0 aliphatic carbocycles. The SMILES string of the molecule is CC(C)c1ccc(S(=O)(=O)CC(C)(C)CN)cc1. The molecule has 0 unspecified atom stereocenters. The fraction of sp³-hybridized carbons (Fsp3) is 0.571. The normalized spacial score (nSPS) is 13.0. The number of hydrogen-bond donors (Lipinski definition) is 1. The zero-order valence-electron chi connectivity index (χ0n) is 11.6. The Balaban J connectivity index is 2.99. The van der Waals surface area contributed by atoms with Gasteiger partial charge in [-0.3, -0.25) is 0 Å². The van der Waals surface area contributed by atoms with Crippen molar-refractivity contribution in [3.05, 3.63) is 29.8 Å². The van der Waals surface area contributed by atoms with Gasteiger partial charge in [-0.1, -0.05) is 39.8 Å². The summed E-state index contributed by atoms with van der Waals surface area (Å²) in [5, 5.41) is 0. The molecule has 0 heterocycles. The molecule has 0 spiro atoms. The van der Waals surface area contributed by atoms with Gasteiger partial charge in [0.2, 0.25) is 0 Å². The summed E-state index contributed by atoms with van der Waals surface area (Å²) < 4.78 is 24.5. The average molecular weight is 269 g/mol. The van der Waals surface area contributed by atoms with Gasteiger partial charge in [-0.2, -0.15) is 0 Å². The maximum atomic E-state index is 12.2. The largest absolute Gasteiger partial charge is 0.330 e. The molecular formula is C14H23NO2S. The van der Waals surface area contributed by atoms with E-state index in [1.165, 1.54) is 0 Å². The van der Waals surface area contributed by atoms with Crippen molar-refractivity contribution in [3.63, 3.8) is 0 Å². The van der Waals surface area contributed by atoms with E-state index in [2.05, 4.69) is 13.8 Å². The Hall–Kier alpha value is -0.870. The molecule has 0 bridgehead atoms. The number of hydrogen-bond acceptors (Lipinski definition) is 3. The molecule has 0 radical (unpaired) electrons. The maximum absolute atomic E-state index is 12.2. The molecule has 0 saturated carbocycles. The molecule has 3 nitrogen and oxygen atoms in total. The Morgan fingerprint density at radius 3 is 2.06 bits per heavy atom. The molecular weight excluding hydrogens is 246 g/mol. The predicted molar refractivity (Wildman–Crippen MR) is 75.4 cm³/mol. The van der Waals surface area contributed by atoms with Gasteiger partial charge in [-0.05, 0) is 35.6 Å². The van der Waals surface area contributed by atoms with Crippen LogP contribution in [0.15, 0.2) is 29.2 Å². The van der Waals surface area contributed by atoms with Crippen LogP contribution in [-0.2, 0) is 9.84 Å². The summed E-state index contributed by atoms with van der Waals surface area (Å²) in [6.45, 7) is 8.26. The van der Waals surface area contributed by atoms with Crippen LogP contribution in [0.1, 0.15) is 39.2 Å². The topological polar surface area (TPSA) is 60.2 Å². The maximum Gasteiger partial charge on any atom is 0.178 e. The first-order valence-electron chi connectivity index (χ1n) is 6.21. The van der Waals surface area contributed by atoms with E-state index in [-0.39, 0.29) is 5.75 Å². The highest BCUT2D eigenvalue weighted by atomic mass is 32.2. The molecule has 4 heteroatoms. The van der Waals surface area contributed by atoms with Gasteiger partial charge in [0.1, 0.15) is 0 Å². The second-order valence-electron chi connectivity index (χ2n) is 5.85. The monoisotopic (exact) mass is 269 g/mol. The van der Waals surface area contributed by atoms with Gasteiger partial charge < -0.3 is 5.73 Å². The molecule has 1 rings (SSSR count). The fourth-order valence-electron chi connectivity index (χ4n) is 1.72. The van der Waals surface area contributed by atoms with Crippen LogP contribution in [0.2, 0.25) is 0 Å². The van der Waals surface area contributed by atoms with Crippen molar-refractivity contribution in [2.75, 3.05) is 12.3 Å². The molecule has 1 aromatic carbocycles. The molecule has 0 saturated heterocycles. The van der Waals surface area contributed by atoms with E-state index in [9.17, 15) is 8.42 Å². The number of rotatable bonds is 5. The lowest BCUT2D eigenvalue weighted by atomic mass is 9.97.